The van der Waals surface area contributed by atoms with Crippen LogP contribution in [0, 0.1) is 5.92 Å². The summed E-state index contributed by atoms with van der Waals surface area (Å²) in [7, 11) is 0. The van der Waals surface area contributed by atoms with E-state index in [2.05, 4.69) is 43.0 Å². The lowest BCUT2D eigenvalue weighted by molar-refractivity contribution is 0.514. The number of hydrogen-bond donors (Lipinski definition) is 1. The molecule has 0 unspecified atom stereocenters. The zero-order valence-electron chi connectivity index (χ0n) is 11.0. The SMILES string of the molecule is CC(C)[C@@H](N)c1ccc(N2CCCCC2)cc1. The Morgan fingerprint density at radius 2 is 1.59 bits per heavy atom. The third kappa shape index (κ3) is 3.01. The van der Waals surface area contributed by atoms with Gasteiger partial charge in [0.1, 0.15) is 0 Å². The van der Waals surface area contributed by atoms with E-state index in [9.17, 15) is 0 Å². The molecule has 1 aliphatic heterocycles. The summed E-state index contributed by atoms with van der Waals surface area (Å²) in [5, 5.41) is 0. The maximum absolute atomic E-state index is 6.15. The molecule has 0 spiro atoms. The minimum atomic E-state index is 0.158. The van der Waals surface area contributed by atoms with E-state index in [-0.39, 0.29) is 6.04 Å². The van der Waals surface area contributed by atoms with E-state index in [4.69, 9.17) is 5.73 Å². The van der Waals surface area contributed by atoms with E-state index in [1.54, 1.807) is 0 Å². The molecule has 1 aliphatic rings. The Morgan fingerprint density at radius 1 is 1.00 bits per heavy atom. The predicted octanol–water partition coefficient (Wildman–Crippen LogP) is 3.33. The Balaban J connectivity index is 2.06. The first kappa shape index (κ1) is 12.4. The number of benzene rings is 1. The Kier molecular flexibility index (Phi) is 4.06. The van der Waals surface area contributed by atoms with Crippen LogP contribution in [0.4, 0.5) is 5.69 Å². The summed E-state index contributed by atoms with van der Waals surface area (Å²) < 4.78 is 0. The van der Waals surface area contributed by atoms with Crippen molar-refractivity contribution in [1.82, 2.24) is 0 Å². The van der Waals surface area contributed by atoms with Gasteiger partial charge in [-0.25, -0.2) is 0 Å². The van der Waals surface area contributed by atoms with Gasteiger partial charge in [0, 0.05) is 24.8 Å². The molecular formula is C15H24N2. The molecule has 0 radical (unpaired) electrons. The molecule has 0 bridgehead atoms. The van der Waals surface area contributed by atoms with Crippen LogP contribution < -0.4 is 10.6 Å². The molecule has 94 valence electrons. The van der Waals surface area contributed by atoms with E-state index in [0.29, 0.717) is 5.92 Å². The predicted molar refractivity (Wildman–Crippen MR) is 74.3 cm³/mol. The van der Waals surface area contributed by atoms with Crippen LogP contribution in [0.5, 0.6) is 0 Å². The quantitative estimate of drug-likeness (QED) is 0.866. The number of nitrogens with two attached hydrogens (primary N) is 1. The number of hydrogen-bond acceptors (Lipinski definition) is 2. The Bertz CT molecular complexity index is 336. The minimum absolute atomic E-state index is 0.158. The molecule has 1 atom stereocenters. The molecule has 1 aromatic carbocycles. The van der Waals surface area contributed by atoms with Crippen molar-refractivity contribution in [2.45, 2.75) is 39.2 Å². The highest BCUT2D eigenvalue weighted by Crippen LogP contribution is 2.24. The lowest BCUT2D eigenvalue weighted by atomic mass is 9.97. The molecule has 2 N–H and O–H groups in total. The van der Waals surface area contributed by atoms with Crippen molar-refractivity contribution in [2.24, 2.45) is 11.7 Å². The smallest absolute Gasteiger partial charge is 0.0366 e. The maximum atomic E-state index is 6.15. The monoisotopic (exact) mass is 232 g/mol. The summed E-state index contributed by atoms with van der Waals surface area (Å²) in [6.45, 7) is 6.75. The van der Waals surface area contributed by atoms with Crippen molar-refractivity contribution in [3.05, 3.63) is 29.8 Å². The lowest BCUT2D eigenvalue weighted by Gasteiger charge is -2.29. The average molecular weight is 232 g/mol. The Labute approximate surface area is 105 Å². The molecular weight excluding hydrogens is 208 g/mol. The maximum Gasteiger partial charge on any atom is 0.0366 e. The molecule has 1 fully saturated rings. The highest BCUT2D eigenvalue weighted by Gasteiger charge is 2.13. The van der Waals surface area contributed by atoms with Crippen LogP contribution in [-0.4, -0.2) is 13.1 Å². The summed E-state index contributed by atoms with van der Waals surface area (Å²) >= 11 is 0. The molecule has 1 aromatic rings. The van der Waals surface area contributed by atoms with Crippen LogP contribution in [0.3, 0.4) is 0 Å². The van der Waals surface area contributed by atoms with Crippen LogP contribution in [0.25, 0.3) is 0 Å². The molecule has 0 aromatic heterocycles. The number of rotatable bonds is 3. The first-order chi connectivity index (χ1) is 8.18. The van der Waals surface area contributed by atoms with Gasteiger partial charge in [0.25, 0.3) is 0 Å². The van der Waals surface area contributed by atoms with Gasteiger partial charge in [-0.2, -0.15) is 0 Å². The van der Waals surface area contributed by atoms with Crippen molar-refractivity contribution in [3.63, 3.8) is 0 Å². The molecule has 0 saturated carbocycles. The summed E-state index contributed by atoms with van der Waals surface area (Å²) in [5.41, 5.74) is 8.75. The van der Waals surface area contributed by atoms with Gasteiger partial charge in [-0.15, -0.1) is 0 Å². The van der Waals surface area contributed by atoms with Gasteiger partial charge < -0.3 is 10.6 Å². The van der Waals surface area contributed by atoms with Gasteiger partial charge in [-0.05, 0) is 42.9 Å². The average Bonchev–Trinajstić information content (AvgIpc) is 2.39. The van der Waals surface area contributed by atoms with Crippen LogP contribution >= 0.6 is 0 Å². The zero-order valence-corrected chi connectivity index (χ0v) is 11.0. The van der Waals surface area contributed by atoms with E-state index < -0.39 is 0 Å². The van der Waals surface area contributed by atoms with E-state index >= 15 is 0 Å². The Hall–Kier alpha value is -1.02. The fraction of sp³-hybridized carbons (Fsp3) is 0.600. The molecule has 2 rings (SSSR count). The highest BCUT2D eigenvalue weighted by molar-refractivity contribution is 5.48. The van der Waals surface area contributed by atoms with Crippen molar-refractivity contribution in [2.75, 3.05) is 18.0 Å². The molecule has 0 amide bonds. The summed E-state index contributed by atoms with van der Waals surface area (Å²) in [6.07, 6.45) is 4.04. The highest BCUT2D eigenvalue weighted by atomic mass is 15.1. The van der Waals surface area contributed by atoms with Gasteiger partial charge in [0.05, 0.1) is 0 Å². The molecule has 1 saturated heterocycles. The Morgan fingerprint density at radius 3 is 2.12 bits per heavy atom. The number of anilines is 1. The van der Waals surface area contributed by atoms with Crippen molar-refractivity contribution in [1.29, 1.82) is 0 Å². The van der Waals surface area contributed by atoms with Crippen molar-refractivity contribution >= 4 is 5.69 Å². The van der Waals surface area contributed by atoms with E-state index in [1.165, 1.54) is 43.6 Å². The second-order valence-corrected chi connectivity index (χ2v) is 5.41. The van der Waals surface area contributed by atoms with Crippen LogP contribution in [-0.2, 0) is 0 Å². The standard InChI is InChI=1S/C15H24N2/c1-12(2)15(16)13-6-8-14(9-7-13)17-10-4-3-5-11-17/h6-9,12,15H,3-5,10-11,16H2,1-2H3/t15-/m1/s1. The molecule has 1 heterocycles. The summed E-state index contributed by atoms with van der Waals surface area (Å²) in [4.78, 5) is 2.48. The molecule has 2 nitrogen and oxygen atoms in total. The van der Waals surface area contributed by atoms with Gasteiger partial charge in [-0.3, -0.25) is 0 Å². The normalized spacial score (nSPS) is 18.5. The first-order valence-electron chi connectivity index (χ1n) is 6.79. The second kappa shape index (κ2) is 5.54. The lowest BCUT2D eigenvalue weighted by Crippen LogP contribution is -2.29. The summed E-state index contributed by atoms with van der Waals surface area (Å²) in [5.74, 6) is 0.496. The molecule has 17 heavy (non-hydrogen) atoms. The third-order valence-electron chi connectivity index (χ3n) is 3.72. The van der Waals surface area contributed by atoms with Crippen LogP contribution in [0.15, 0.2) is 24.3 Å². The molecule has 2 heteroatoms. The van der Waals surface area contributed by atoms with Gasteiger partial charge in [0.15, 0.2) is 0 Å². The largest absolute Gasteiger partial charge is 0.372 e. The van der Waals surface area contributed by atoms with Crippen molar-refractivity contribution in [3.8, 4) is 0 Å². The fourth-order valence-corrected chi connectivity index (χ4v) is 2.44. The van der Waals surface area contributed by atoms with Crippen LogP contribution in [0.2, 0.25) is 0 Å². The van der Waals surface area contributed by atoms with Gasteiger partial charge in [0.2, 0.25) is 0 Å². The summed E-state index contributed by atoms with van der Waals surface area (Å²) in [6, 6.07) is 8.99. The number of nitrogens with zero attached hydrogens (tertiary/aromatic N) is 1. The number of piperidine rings is 1. The van der Waals surface area contributed by atoms with Crippen LogP contribution in [0.1, 0.15) is 44.7 Å². The third-order valence-corrected chi connectivity index (χ3v) is 3.72. The zero-order chi connectivity index (χ0) is 12.3. The van der Waals surface area contributed by atoms with Gasteiger partial charge >= 0.3 is 0 Å². The topological polar surface area (TPSA) is 29.3 Å². The van der Waals surface area contributed by atoms with E-state index in [1.807, 2.05) is 0 Å². The second-order valence-electron chi connectivity index (χ2n) is 5.41. The molecule has 0 aliphatic carbocycles. The fourth-order valence-electron chi connectivity index (χ4n) is 2.44. The van der Waals surface area contributed by atoms with Crippen molar-refractivity contribution < 1.29 is 0 Å². The van der Waals surface area contributed by atoms with Gasteiger partial charge in [-0.1, -0.05) is 26.0 Å². The first-order valence-corrected chi connectivity index (χ1v) is 6.79. The van der Waals surface area contributed by atoms with E-state index in [0.717, 1.165) is 0 Å². The minimum Gasteiger partial charge on any atom is -0.372 e.